The predicted molar refractivity (Wildman–Crippen MR) is 181 cm³/mol. The van der Waals surface area contributed by atoms with E-state index in [1.807, 2.05) is 0 Å². The highest BCUT2D eigenvalue weighted by Gasteiger charge is 2.53. The Bertz CT molecular complexity index is 1160. The number of esters is 2. The van der Waals surface area contributed by atoms with E-state index in [9.17, 15) is 9.59 Å². The lowest BCUT2D eigenvalue weighted by Gasteiger charge is -2.46. The number of quaternary nitrogens is 2. The van der Waals surface area contributed by atoms with Crippen LogP contribution in [0.25, 0.3) is 0 Å². The van der Waals surface area contributed by atoms with E-state index in [2.05, 4.69) is 74.8 Å². The summed E-state index contributed by atoms with van der Waals surface area (Å²) < 4.78 is 14.2. The van der Waals surface area contributed by atoms with Crippen molar-refractivity contribution in [2.45, 2.75) is 152 Å². The molecule has 4 saturated heterocycles. The first-order valence-corrected chi connectivity index (χ1v) is 18.5. The van der Waals surface area contributed by atoms with Crippen molar-refractivity contribution in [1.29, 1.82) is 0 Å². The number of fused-ring (bicyclic) bond motifs is 4. The summed E-state index contributed by atoms with van der Waals surface area (Å²) in [7, 11) is 4.83. The van der Waals surface area contributed by atoms with Gasteiger partial charge in [-0.15, -0.1) is 0 Å². The minimum Gasteiger partial charge on any atom is -0.462 e. The zero-order valence-electron chi connectivity index (χ0n) is 28.5. The highest BCUT2D eigenvalue weighted by atomic mass is 16.5. The van der Waals surface area contributed by atoms with Crippen molar-refractivity contribution in [3.63, 3.8) is 0 Å². The lowest BCUT2D eigenvalue weighted by molar-refractivity contribution is -0.961. The van der Waals surface area contributed by atoms with Crippen LogP contribution >= 0.6 is 0 Å². The van der Waals surface area contributed by atoms with Gasteiger partial charge in [0.1, 0.15) is 25.3 Å². The maximum atomic E-state index is 12.7. The van der Waals surface area contributed by atoms with Crippen LogP contribution in [-0.4, -0.2) is 71.4 Å². The molecule has 2 aromatic rings. The first-order valence-electron chi connectivity index (χ1n) is 18.5. The van der Waals surface area contributed by atoms with E-state index in [-0.39, 0.29) is 24.1 Å². The monoisotopic (exact) mass is 630 g/mol. The van der Waals surface area contributed by atoms with Crippen LogP contribution < -0.4 is 0 Å². The number of rotatable bonds is 15. The van der Waals surface area contributed by atoms with Crippen LogP contribution in [0.2, 0.25) is 0 Å². The maximum Gasteiger partial charge on any atom is 0.306 e. The fraction of sp³-hybridized carbons (Fsp3) is 0.650. The lowest BCUT2D eigenvalue weighted by atomic mass is 9.95. The second-order valence-electron chi connectivity index (χ2n) is 15.5. The topological polar surface area (TPSA) is 52.6 Å². The fourth-order valence-corrected chi connectivity index (χ4v) is 9.78. The number of piperidine rings is 2. The van der Waals surface area contributed by atoms with E-state index in [0.717, 1.165) is 86.3 Å². The highest BCUT2D eigenvalue weighted by molar-refractivity contribution is 5.69. The number of hydrogen-bond donors (Lipinski definition) is 0. The van der Waals surface area contributed by atoms with Crippen molar-refractivity contribution in [3.8, 4) is 0 Å². The van der Waals surface area contributed by atoms with Crippen LogP contribution in [0.4, 0.5) is 0 Å². The van der Waals surface area contributed by atoms with Gasteiger partial charge in [-0.25, -0.2) is 0 Å². The average molecular weight is 631 g/mol. The summed E-state index contributed by atoms with van der Waals surface area (Å²) in [6.45, 7) is 2.15. The van der Waals surface area contributed by atoms with E-state index in [4.69, 9.17) is 9.47 Å². The van der Waals surface area contributed by atoms with Gasteiger partial charge in [-0.3, -0.25) is 9.59 Å². The average Bonchev–Trinajstić information content (AvgIpc) is 3.28. The molecular weight excluding hydrogens is 572 g/mol. The number of nitrogens with zero attached hydrogens (tertiary/aromatic N) is 2. The molecule has 6 heteroatoms. The molecule has 0 saturated carbocycles. The zero-order chi connectivity index (χ0) is 32.0. The molecule has 0 amide bonds. The van der Waals surface area contributed by atoms with Gasteiger partial charge in [-0.2, -0.15) is 0 Å². The molecule has 46 heavy (non-hydrogen) atoms. The molecule has 0 spiro atoms. The van der Waals surface area contributed by atoms with Gasteiger partial charge >= 0.3 is 11.9 Å². The Labute approximate surface area is 277 Å². The molecule has 2 aromatic carbocycles. The van der Waals surface area contributed by atoms with Crippen molar-refractivity contribution in [2.75, 3.05) is 14.1 Å². The van der Waals surface area contributed by atoms with Crippen LogP contribution in [0.3, 0.4) is 0 Å². The molecule has 6 nitrogen and oxygen atoms in total. The number of carbonyl (C=O) groups is 2. The number of hydrogen-bond acceptors (Lipinski definition) is 4. The molecule has 0 aliphatic carbocycles. The van der Waals surface area contributed by atoms with Gasteiger partial charge in [0.15, 0.2) is 0 Å². The molecule has 0 aromatic heterocycles. The molecule has 4 aliphatic rings. The second-order valence-corrected chi connectivity index (χ2v) is 15.5. The Morgan fingerprint density at radius 2 is 0.870 bits per heavy atom. The Morgan fingerprint density at radius 1 is 0.543 bits per heavy atom. The van der Waals surface area contributed by atoms with E-state index < -0.39 is 0 Å². The van der Waals surface area contributed by atoms with Crippen LogP contribution in [0.1, 0.15) is 114 Å². The summed E-state index contributed by atoms with van der Waals surface area (Å²) in [5, 5.41) is 0. The van der Waals surface area contributed by atoms with Gasteiger partial charge in [0.2, 0.25) is 0 Å². The number of ether oxygens (including phenoxy) is 2. The van der Waals surface area contributed by atoms with Gasteiger partial charge in [-0.05, 0) is 12.8 Å². The highest BCUT2D eigenvalue weighted by Crippen LogP contribution is 2.44. The summed E-state index contributed by atoms with van der Waals surface area (Å²) in [5.74, 6) is -0.0247. The molecular formula is C40H58N2O4+2. The summed E-state index contributed by atoms with van der Waals surface area (Å²) in [6.07, 6.45) is 16.3. The molecule has 6 rings (SSSR count). The Kier molecular flexibility index (Phi) is 10.8. The Hall–Kier alpha value is -2.70. The molecule has 4 fully saturated rings. The first-order chi connectivity index (χ1) is 22.3. The van der Waals surface area contributed by atoms with Crippen LogP contribution in [0.15, 0.2) is 60.7 Å². The molecule has 4 aliphatic heterocycles. The second kappa shape index (κ2) is 15.0. The van der Waals surface area contributed by atoms with Gasteiger partial charge in [-0.1, -0.05) is 86.3 Å². The van der Waals surface area contributed by atoms with Crippen molar-refractivity contribution >= 4 is 11.9 Å². The summed E-state index contributed by atoms with van der Waals surface area (Å²) in [4.78, 5) is 25.3. The van der Waals surface area contributed by atoms with E-state index in [0.29, 0.717) is 37.0 Å². The molecule has 4 unspecified atom stereocenters. The number of carbonyl (C=O) groups excluding carboxylic acids is 2. The maximum absolute atomic E-state index is 12.7. The van der Waals surface area contributed by atoms with Crippen molar-refractivity contribution in [2.24, 2.45) is 0 Å². The molecule has 4 atom stereocenters. The number of unbranched alkanes of at least 4 members (excludes halogenated alkanes) is 5. The first kappa shape index (κ1) is 33.2. The van der Waals surface area contributed by atoms with Crippen LogP contribution in [0, 0.1) is 0 Å². The van der Waals surface area contributed by atoms with Crippen molar-refractivity contribution < 1.29 is 28.0 Å². The predicted octanol–water partition coefficient (Wildman–Crippen LogP) is 7.87. The van der Waals surface area contributed by atoms with Crippen molar-refractivity contribution in [3.05, 3.63) is 71.8 Å². The molecule has 4 bridgehead atoms. The molecule has 250 valence electrons. The lowest BCUT2D eigenvalue weighted by Crippen LogP contribution is -2.58. The van der Waals surface area contributed by atoms with Crippen molar-refractivity contribution in [1.82, 2.24) is 0 Å². The van der Waals surface area contributed by atoms with E-state index in [1.165, 1.54) is 36.8 Å². The van der Waals surface area contributed by atoms with Crippen LogP contribution in [0.5, 0.6) is 0 Å². The summed E-state index contributed by atoms with van der Waals surface area (Å²) in [6, 6.07) is 24.0. The SMILES string of the molecule is C[N+]1(Cc2ccccc2)C2CCC1CC(OC(=O)CCCCCCCCC(=O)OC1CC3CCC(C1)[N+]3(C)Cc1ccccc1)C2. The zero-order valence-corrected chi connectivity index (χ0v) is 28.5. The summed E-state index contributed by atoms with van der Waals surface area (Å²) in [5.41, 5.74) is 2.82. The third-order valence-electron chi connectivity index (χ3n) is 12.5. The third kappa shape index (κ3) is 7.87. The van der Waals surface area contributed by atoms with Gasteiger partial charge in [0.25, 0.3) is 0 Å². The molecule has 0 radical (unpaired) electrons. The largest absolute Gasteiger partial charge is 0.462 e. The fourth-order valence-electron chi connectivity index (χ4n) is 9.78. The van der Waals surface area contributed by atoms with Gasteiger partial charge < -0.3 is 18.4 Å². The van der Waals surface area contributed by atoms with Gasteiger partial charge in [0, 0.05) is 75.3 Å². The van der Waals surface area contributed by atoms with Gasteiger partial charge in [0.05, 0.1) is 38.3 Å². The Morgan fingerprint density at radius 3 is 1.22 bits per heavy atom. The van der Waals surface area contributed by atoms with Crippen LogP contribution in [-0.2, 0) is 32.2 Å². The minimum absolute atomic E-state index is 0.0124. The minimum atomic E-state index is -0.0124. The van der Waals surface area contributed by atoms with E-state index in [1.54, 1.807) is 0 Å². The Balaban J connectivity index is 0.801. The molecule has 0 N–H and O–H groups in total. The quantitative estimate of drug-likeness (QED) is 0.114. The standard InChI is InChI=1S/C40H58N2O4/c1-41(29-31-15-9-7-10-16-31)33-21-22-34(41)26-37(25-33)45-39(43)19-13-5-3-4-6-14-20-40(44)46-38-27-35-23-24-36(28-38)42(35,2)30-32-17-11-8-12-18-32/h7-12,15-18,33-38H,3-6,13-14,19-30H2,1-2H3/q+2. The molecule has 4 heterocycles. The smallest absolute Gasteiger partial charge is 0.306 e. The number of benzene rings is 2. The van der Waals surface area contributed by atoms with E-state index >= 15 is 0 Å². The third-order valence-corrected chi connectivity index (χ3v) is 12.5. The normalized spacial score (nSPS) is 33.1. The summed E-state index contributed by atoms with van der Waals surface area (Å²) >= 11 is 0.